The van der Waals surface area contributed by atoms with Gasteiger partial charge in [-0.1, -0.05) is 60.1 Å². The van der Waals surface area contributed by atoms with Crippen LogP contribution in [-0.4, -0.2) is 35.3 Å². The largest absolute Gasteiger partial charge is 0.369 e. The Morgan fingerprint density at radius 2 is 1.79 bits per heavy atom. The first-order valence-electron chi connectivity index (χ1n) is 11.1. The second-order valence-electron chi connectivity index (χ2n) is 8.19. The summed E-state index contributed by atoms with van der Waals surface area (Å²) >= 11 is 6.41. The quantitative estimate of drug-likeness (QED) is 0.574. The number of nitrogens with zero attached hydrogens (tertiary/aromatic N) is 3. The molecule has 0 atom stereocenters. The number of halogens is 2. The maximum atomic E-state index is 13.7. The van der Waals surface area contributed by atoms with Crippen molar-refractivity contribution < 1.29 is 9.18 Å². The van der Waals surface area contributed by atoms with Crippen molar-refractivity contribution in [1.82, 2.24) is 15.1 Å². The molecule has 1 aliphatic heterocycles. The number of nitrogens with one attached hydrogen (secondary N) is 1. The van der Waals surface area contributed by atoms with Crippen molar-refractivity contribution in [2.24, 2.45) is 5.92 Å². The Morgan fingerprint density at radius 1 is 1.09 bits per heavy atom. The summed E-state index contributed by atoms with van der Waals surface area (Å²) in [6.45, 7) is 1.97. The van der Waals surface area contributed by atoms with Crippen LogP contribution in [-0.2, 0) is 17.8 Å². The molecular weight excluding hydrogens is 443 g/mol. The molecule has 0 saturated carbocycles. The summed E-state index contributed by atoms with van der Waals surface area (Å²) in [4.78, 5) is 27.3. The summed E-state index contributed by atoms with van der Waals surface area (Å²) in [5, 5.41) is 7.37. The highest BCUT2D eigenvalue weighted by atomic mass is 35.5. The molecule has 1 fully saturated rings. The van der Waals surface area contributed by atoms with Crippen molar-refractivity contribution in [2.45, 2.75) is 25.8 Å². The minimum absolute atomic E-state index is 0.0199. The number of aromatic nitrogens is 2. The van der Waals surface area contributed by atoms with Gasteiger partial charge in [-0.2, -0.15) is 5.10 Å². The first kappa shape index (κ1) is 23.0. The Hall–Kier alpha value is -3.19. The molecule has 1 saturated heterocycles. The molecule has 0 spiro atoms. The Bertz CT molecular complexity index is 1160. The van der Waals surface area contributed by atoms with Crippen molar-refractivity contribution in [3.63, 3.8) is 0 Å². The third kappa shape index (κ3) is 5.60. The number of carbonyl (C=O) groups excluding carboxylic acids is 1. The lowest BCUT2D eigenvalue weighted by molar-refractivity contribution is -0.125. The van der Waals surface area contributed by atoms with Gasteiger partial charge in [0.2, 0.25) is 5.91 Å². The number of carbonyl (C=O) groups is 1. The third-order valence-corrected chi connectivity index (χ3v) is 6.35. The highest BCUT2D eigenvalue weighted by Gasteiger charge is 2.27. The van der Waals surface area contributed by atoms with Crippen LogP contribution in [0, 0.1) is 11.7 Å². The molecule has 3 aromatic rings. The van der Waals surface area contributed by atoms with Crippen LogP contribution >= 0.6 is 11.6 Å². The number of piperidine rings is 1. The van der Waals surface area contributed by atoms with Gasteiger partial charge in [0, 0.05) is 25.6 Å². The minimum atomic E-state index is -0.328. The smallest absolute Gasteiger partial charge is 0.287 e. The van der Waals surface area contributed by atoms with E-state index in [1.54, 1.807) is 24.4 Å². The zero-order chi connectivity index (χ0) is 23.2. The maximum Gasteiger partial charge on any atom is 0.287 e. The molecule has 172 valence electrons. The van der Waals surface area contributed by atoms with Gasteiger partial charge in [0.25, 0.3) is 5.56 Å². The second-order valence-corrected chi connectivity index (χ2v) is 8.56. The number of benzene rings is 2. The van der Waals surface area contributed by atoms with Crippen molar-refractivity contribution in [1.29, 1.82) is 0 Å². The lowest BCUT2D eigenvalue weighted by Crippen LogP contribution is -2.41. The molecule has 4 rings (SSSR count). The van der Waals surface area contributed by atoms with Gasteiger partial charge >= 0.3 is 0 Å². The van der Waals surface area contributed by atoms with Crippen molar-refractivity contribution >= 4 is 23.2 Å². The number of hydrogen-bond acceptors (Lipinski definition) is 4. The number of amides is 1. The molecule has 0 radical (unpaired) electrons. The first-order chi connectivity index (χ1) is 16.0. The van der Waals surface area contributed by atoms with E-state index >= 15 is 0 Å². The second kappa shape index (κ2) is 10.6. The van der Waals surface area contributed by atoms with Crippen molar-refractivity contribution in [3.05, 3.63) is 93.1 Å². The van der Waals surface area contributed by atoms with Crippen LogP contribution in [0.25, 0.3) is 0 Å². The molecule has 1 amide bonds. The molecule has 0 unspecified atom stereocenters. The average Bonchev–Trinajstić information content (AvgIpc) is 2.84. The maximum absolute atomic E-state index is 13.7. The predicted octanol–water partition coefficient (Wildman–Crippen LogP) is 3.66. The Morgan fingerprint density at radius 3 is 2.52 bits per heavy atom. The summed E-state index contributed by atoms with van der Waals surface area (Å²) in [6, 6.07) is 16.2. The fraction of sp³-hybridized carbons (Fsp3) is 0.320. The van der Waals surface area contributed by atoms with Crippen molar-refractivity contribution in [2.75, 3.05) is 24.5 Å². The molecule has 6 nitrogen and oxygen atoms in total. The molecule has 2 aromatic carbocycles. The molecule has 1 aliphatic rings. The van der Waals surface area contributed by atoms with E-state index in [4.69, 9.17) is 11.6 Å². The molecule has 8 heteroatoms. The van der Waals surface area contributed by atoms with Crippen LogP contribution in [0.5, 0.6) is 0 Å². The normalized spacial score (nSPS) is 14.3. The Balaban J connectivity index is 1.31. The molecule has 33 heavy (non-hydrogen) atoms. The van der Waals surface area contributed by atoms with Crippen LogP contribution in [0.15, 0.2) is 65.6 Å². The van der Waals surface area contributed by atoms with Crippen LogP contribution in [0.3, 0.4) is 0 Å². The minimum Gasteiger partial charge on any atom is -0.369 e. The molecule has 1 N–H and O–H groups in total. The summed E-state index contributed by atoms with van der Waals surface area (Å²) in [5.74, 6) is -0.392. The van der Waals surface area contributed by atoms with Gasteiger partial charge in [0.15, 0.2) is 0 Å². The lowest BCUT2D eigenvalue weighted by atomic mass is 9.95. The number of hydrogen-bond donors (Lipinski definition) is 1. The number of anilines is 1. The predicted molar refractivity (Wildman–Crippen MR) is 127 cm³/mol. The first-order valence-corrected chi connectivity index (χ1v) is 11.5. The van der Waals surface area contributed by atoms with Crippen molar-refractivity contribution in [3.8, 4) is 0 Å². The topological polar surface area (TPSA) is 67.2 Å². The van der Waals surface area contributed by atoms with E-state index in [9.17, 15) is 14.0 Å². The van der Waals surface area contributed by atoms with E-state index in [0.717, 1.165) is 5.56 Å². The SMILES string of the molecule is O=C(NCCc1ccccc1F)C1CCN(c2cnn(Cc3ccccc3)c(=O)c2Cl)CC1. The van der Waals surface area contributed by atoms with E-state index < -0.39 is 0 Å². The van der Waals surface area contributed by atoms with Crippen LogP contribution in [0.2, 0.25) is 5.02 Å². The molecule has 0 aliphatic carbocycles. The van der Waals surface area contributed by atoms with Crippen LogP contribution in [0.4, 0.5) is 10.1 Å². The molecule has 1 aromatic heterocycles. The highest BCUT2D eigenvalue weighted by Crippen LogP contribution is 2.27. The average molecular weight is 469 g/mol. The summed E-state index contributed by atoms with van der Waals surface area (Å²) in [5.41, 5.74) is 1.84. The van der Waals surface area contributed by atoms with Gasteiger partial charge in [-0.25, -0.2) is 9.07 Å². The summed E-state index contributed by atoms with van der Waals surface area (Å²) in [6.07, 6.45) is 3.38. The van der Waals surface area contributed by atoms with Gasteiger partial charge in [0.05, 0.1) is 18.4 Å². The monoisotopic (exact) mass is 468 g/mol. The Kier molecular flexibility index (Phi) is 7.40. The lowest BCUT2D eigenvalue weighted by Gasteiger charge is -2.33. The van der Waals surface area contributed by atoms with E-state index in [-0.39, 0.29) is 28.2 Å². The molecular formula is C25H26ClFN4O2. The zero-order valence-electron chi connectivity index (χ0n) is 18.2. The third-order valence-electron chi connectivity index (χ3n) is 6.00. The fourth-order valence-corrected chi connectivity index (χ4v) is 4.36. The van der Waals surface area contributed by atoms with E-state index in [1.165, 1.54) is 10.7 Å². The molecule has 2 heterocycles. The van der Waals surface area contributed by atoms with Gasteiger partial charge in [-0.05, 0) is 36.5 Å². The summed E-state index contributed by atoms with van der Waals surface area (Å²) < 4.78 is 15.1. The fourth-order valence-electron chi connectivity index (χ4n) is 4.09. The van der Waals surface area contributed by atoms with E-state index in [0.29, 0.717) is 56.7 Å². The zero-order valence-corrected chi connectivity index (χ0v) is 19.0. The Labute approximate surface area is 197 Å². The van der Waals surface area contributed by atoms with Crippen LogP contribution in [0.1, 0.15) is 24.0 Å². The van der Waals surface area contributed by atoms with Gasteiger partial charge in [-0.15, -0.1) is 0 Å². The van der Waals surface area contributed by atoms with Gasteiger partial charge in [-0.3, -0.25) is 9.59 Å². The van der Waals surface area contributed by atoms with Gasteiger partial charge < -0.3 is 10.2 Å². The highest BCUT2D eigenvalue weighted by molar-refractivity contribution is 6.33. The molecule has 0 bridgehead atoms. The van der Waals surface area contributed by atoms with Gasteiger partial charge in [0.1, 0.15) is 10.8 Å². The summed E-state index contributed by atoms with van der Waals surface area (Å²) in [7, 11) is 0. The van der Waals surface area contributed by atoms with Crippen LogP contribution < -0.4 is 15.8 Å². The van der Waals surface area contributed by atoms with E-state index in [2.05, 4.69) is 10.4 Å². The van der Waals surface area contributed by atoms with E-state index in [1.807, 2.05) is 35.2 Å². The standard InChI is InChI=1S/C25H26ClFN4O2/c26-23-22(16-29-31(25(23)33)17-18-6-2-1-3-7-18)30-14-11-20(12-15-30)24(32)28-13-10-19-8-4-5-9-21(19)27/h1-9,16,20H,10-15,17H2,(H,28,32). The number of rotatable bonds is 7.